The summed E-state index contributed by atoms with van der Waals surface area (Å²) in [7, 11) is -1.21. The molecule has 24 heavy (non-hydrogen) atoms. The Labute approximate surface area is 142 Å². The van der Waals surface area contributed by atoms with Gasteiger partial charge in [0.25, 0.3) is 0 Å². The summed E-state index contributed by atoms with van der Waals surface area (Å²) in [5, 5.41) is 21.7. The van der Waals surface area contributed by atoms with Crippen molar-refractivity contribution in [2.45, 2.75) is 57.0 Å². The average Bonchev–Trinajstić information content (AvgIpc) is 2.69. The summed E-state index contributed by atoms with van der Waals surface area (Å²) in [6, 6.07) is 0. The molecule has 1 amide bonds. The topological polar surface area (TPSA) is 122 Å². The van der Waals surface area contributed by atoms with E-state index in [4.69, 9.17) is 15.5 Å². The number of nitrogens with one attached hydrogen (secondary N) is 1. The van der Waals surface area contributed by atoms with Crippen LogP contribution in [0.25, 0.3) is 0 Å². The summed E-state index contributed by atoms with van der Waals surface area (Å²) >= 11 is 0. The number of carbonyl (C=O) groups is 2. The van der Waals surface area contributed by atoms with Crippen molar-refractivity contribution in [3.63, 3.8) is 0 Å². The van der Waals surface area contributed by atoms with Crippen molar-refractivity contribution in [2.24, 2.45) is 17.6 Å². The molecule has 0 spiro atoms. The van der Waals surface area contributed by atoms with Crippen LogP contribution in [0.15, 0.2) is 12.2 Å². The molecule has 8 heteroatoms. The van der Waals surface area contributed by atoms with E-state index in [0.717, 1.165) is 25.7 Å². The Kier molecular flexibility index (Phi) is 7.26. The van der Waals surface area contributed by atoms with E-state index in [1.54, 1.807) is 12.2 Å². The molecule has 5 N–H and O–H groups in total. The normalized spacial score (nSPS) is 30.7. The van der Waals surface area contributed by atoms with Crippen molar-refractivity contribution in [3.05, 3.63) is 12.2 Å². The molecule has 2 rings (SSSR count). The average molecular weight is 338 g/mol. The second-order valence-corrected chi connectivity index (χ2v) is 6.83. The minimum Gasteiger partial charge on any atom is -0.481 e. The Balaban J connectivity index is 1.77. The minimum atomic E-state index is -1.21. The molecule has 2 aliphatic rings. The molecule has 0 saturated heterocycles. The standard InChI is InChI=1S/C16H27BN2O5/c18-10-12-6-4-11(5-7-12)8-15(20)19-14-3-1-2-13(9-16(21)22)24-17(14)23/h1-2,11-14,23H,3-10,18H2,(H,19,20)(H,21,22)/t11?,12?,13-,14-/m0/s1. The zero-order valence-electron chi connectivity index (χ0n) is 13.9. The second-order valence-electron chi connectivity index (χ2n) is 6.83. The maximum Gasteiger partial charge on any atom is 0.478 e. The van der Waals surface area contributed by atoms with E-state index < -0.39 is 25.1 Å². The zero-order chi connectivity index (χ0) is 17.5. The second kappa shape index (κ2) is 9.20. The van der Waals surface area contributed by atoms with Crippen LogP contribution in [0.2, 0.25) is 0 Å². The Morgan fingerprint density at radius 3 is 2.50 bits per heavy atom. The Morgan fingerprint density at radius 2 is 1.88 bits per heavy atom. The number of aliphatic carboxylic acids is 1. The fourth-order valence-corrected chi connectivity index (χ4v) is 3.43. The molecule has 1 aliphatic heterocycles. The highest BCUT2D eigenvalue weighted by molar-refractivity contribution is 6.45. The van der Waals surface area contributed by atoms with E-state index in [2.05, 4.69) is 5.32 Å². The maximum atomic E-state index is 12.2. The molecule has 1 fully saturated rings. The van der Waals surface area contributed by atoms with Gasteiger partial charge in [-0.2, -0.15) is 0 Å². The van der Waals surface area contributed by atoms with Gasteiger partial charge in [0.2, 0.25) is 5.91 Å². The quantitative estimate of drug-likeness (QED) is 0.412. The largest absolute Gasteiger partial charge is 0.481 e. The predicted octanol–water partition coefficient (Wildman–Crippen LogP) is 0.466. The monoisotopic (exact) mass is 338 g/mol. The molecule has 2 atom stereocenters. The summed E-state index contributed by atoms with van der Waals surface area (Å²) in [5.41, 5.74) is 5.68. The van der Waals surface area contributed by atoms with Crippen LogP contribution >= 0.6 is 0 Å². The Hall–Kier alpha value is -1.38. The van der Waals surface area contributed by atoms with E-state index in [1.165, 1.54) is 0 Å². The molecule has 134 valence electrons. The van der Waals surface area contributed by atoms with Gasteiger partial charge in [0.1, 0.15) is 0 Å². The van der Waals surface area contributed by atoms with Gasteiger partial charge in [-0.3, -0.25) is 9.59 Å². The fourth-order valence-electron chi connectivity index (χ4n) is 3.43. The molecule has 0 aromatic heterocycles. The summed E-state index contributed by atoms with van der Waals surface area (Å²) in [4.78, 5) is 23.0. The Bertz CT molecular complexity index is 465. The summed E-state index contributed by atoms with van der Waals surface area (Å²) in [6.07, 6.45) is 7.53. The lowest BCUT2D eigenvalue weighted by atomic mass is 9.76. The number of carboxylic acids is 1. The van der Waals surface area contributed by atoms with Gasteiger partial charge in [0.05, 0.1) is 18.5 Å². The van der Waals surface area contributed by atoms with Crippen LogP contribution < -0.4 is 11.1 Å². The van der Waals surface area contributed by atoms with Crippen LogP contribution in [0.1, 0.15) is 44.9 Å². The highest BCUT2D eigenvalue weighted by atomic mass is 16.5. The van der Waals surface area contributed by atoms with Gasteiger partial charge in [-0.15, -0.1) is 0 Å². The molecule has 0 unspecified atom stereocenters. The smallest absolute Gasteiger partial charge is 0.478 e. The third-order valence-corrected chi connectivity index (χ3v) is 4.90. The van der Waals surface area contributed by atoms with E-state index in [9.17, 15) is 14.6 Å². The van der Waals surface area contributed by atoms with Crippen LogP contribution in [-0.2, 0) is 14.2 Å². The van der Waals surface area contributed by atoms with Crippen molar-refractivity contribution in [1.29, 1.82) is 0 Å². The van der Waals surface area contributed by atoms with Crippen molar-refractivity contribution in [3.8, 4) is 0 Å². The summed E-state index contributed by atoms with van der Waals surface area (Å²) < 4.78 is 5.31. The molecule has 0 radical (unpaired) electrons. The van der Waals surface area contributed by atoms with E-state index in [1.807, 2.05) is 0 Å². The molecule has 0 aromatic carbocycles. The lowest BCUT2D eigenvalue weighted by Gasteiger charge is -2.28. The maximum absolute atomic E-state index is 12.2. The predicted molar refractivity (Wildman–Crippen MR) is 89.9 cm³/mol. The minimum absolute atomic E-state index is 0.0936. The third-order valence-electron chi connectivity index (χ3n) is 4.90. The lowest BCUT2D eigenvalue weighted by molar-refractivity contribution is -0.138. The number of rotatable bonds is 6. The SMILES string of the molecule is NCC1CCC(CC(=O)N[C@H]2CC=C[C@@H](CC(=O)O)OB2O)CC1. The van der Waals surface area contributed by atoms with Crippen molar-refractivity contribution in [1.82, 2.24) is 5.32 Å². The highest BCUT2D eigenvalue weighted by Gasteiger charge is 2.33. The number of hydrogen-bond donors (Lipinski definition) is 4. The molecule has 1 heterocycles. The van der Waals surface area contributed by atoms with Gasteiger partial charge >= 0.3 is 13.1 Å². The third kappa shape index (κ3) is 5.92. The van der Waals surface area contributed by atoms with Gasteiger partial charge < -0.3 is 25.8 Å². The summed E-state index contributed by atoms with van der Waals surface area (Å²) in [6.45, 7) is 0.717. The van der Waals surface area contributed by atoms with Crippen LogP contribution in [0.3, 0.4) is 0 Å². The van der Waals surface area contributed by atoms with Gasteiger partial charge in [0, 0.05) is 6.42 Å². The Morgan fingerprint density at radius 1 is 1.21 bits per heavy atom. The van der Waals surface area contributed by atoms with Crippen molar-refractivity contribution >= 4 is 19.0 Å². The van der Waals surface area contributed by atoms with Gasteiger partial charge in [0.15, 0.2) is 0 Å². The molecule has 7 nitrogen and oxygen atoms in total. The lowest BCUT2D eigenvalue weighted by Crippen LogP contribution is -2.48. The van der Waals surface area contributed by atoms with E-state index in [-0.39, 0.29) is 12.3 Å². The first-order chi connectivity index (χ1) is 11.5. The van der Waals surface area contributed by atoms with Crippen LogP contribution in [0.4, 0.5) is 0 Å². The molecule has 0 bridgehead atoms. The molecular weight excluding hydrogens is 311 g/mol. The first-order valence-electron chi connectivity index (χ1n) is 8.69. The van der Waals surface area contributed by atoms with Gasteiger partial charge in [-0.05, 0) is 50.5 Å². The molecule has 1 aliphatic carbocycles. The highest BCUT2D eigenvalue weighted by Crippen LogP contribution is 2.30. The summed E-state index contributed by atoms with van der Waals surface area (Å²) in [5.74, 6) is -0.686. The van der Waals surface area contributed by atoms with Crippen molar-refractivity contribution in [2.75, 3.05) is 6.54 Å². The van der Waals surface area contributed by atoms with Crippen LogP contribution in [0, 0.1) is 11.8 Å². The number of nitrogens with two attached hydrogens (primary N) is 1. The molecular formula is C16H27BN2O5. The number of amides is 1. The van der Waals surface area contributed by atoms with E-state index in [0.29, 0.717) is 31.2 Å². The van der Waals surface area contributed by atoms with Gasteiger partial charge in [-0.1, -0.05) is 12.2 Å². The fraction of sp³-hybridized carbons (Fsp3) is 0.750. The first kappa shape index (κ1) is 19.0. The zero-order valence-corrected chi connectivity index (χ0v) is 13.9. The molecule has 1 saturated carbocycles. The van der Waals surface area contributed by atoms with E-state index >= 15 is 0 Å². The number of hydrogen-bond acceptors (Lipinski definition) is 5. The first-order valence-corrected chi connectivity index (χ1v) is 8.69. The van der Waals surface area contributed by atoms with Crippen LogP contribution in [-0.4, -0.2) is 47.7 Å². The molecule has 0 aromatic rings. The van der Waals surface area contributed by atoms with Gasteiger partial charge in [-0.25, -0.2) is 0 Å². The number of carbonyl (C=O) groups excluding carboxylic acids is 1. The van der Waals surface area contributed by atoms with Crippen molar-refractivity contribution < 1.29 is 24.4 Å². The van der Waals surface area contributed by atoms with Crippen LogP contribution in [0.5, 0.6) is 0 Å². The number of carboxylic acid groups (broad SMARTS) is 1.